The number of fused-ring (bicyclic) bond motifs is 1. The molecule has 2 fully saturated rings. The van der Waals surface area contributed by atoms with Gasteiger partial charge < -0.3 is 9.80 Å². The molecule has 2 amide bonds. The van der Waals surface area contributed by atoms with Crippen molar-refractivity contribution in [3.8, 4) is 0 Å². The van der Waals surface area contributed by atoms with Crippen molar-refractivity contribution < 1.29 is 9.59 Å². The van der Waals surface area contributed by atoms with Gasteiger partial charge in [0.15, 0.2) is 0 Å². The molecule has 2 aliphatic heterocycles. The Bertz CT molecular complexity index is 1060. The van der Waals surface area contributed by atoms with Gasteiger partial charge in [-0.05, 0) is 60.7 Å². The third-order valence-corrected chi connectivity index (χ3v) is 9.70. The Morgan fingerprint density at radius 3 is 2.56 bits per heavy atom. The zero-order valence-corrected chi connectivity index (χ0v) is 22.8. The van der Waals surface area contributed by atoms with Gasteiger partial charge >= 0.3 is 0 Å². The van der Waals surface area contributed by atoms with Crippen molar-refractivity contribution >= 4 is 23.2 Å². The van der Waals surface area contributed by atoms with Crippen LogP contribution < -0.4 is 0 Å². The summed E-state index contributed by atoms with van der Waals surface area (Å²) in [6.07, 6.45) is 8.53. The smallest absolute Gasteiger partial charge is 0.223 e. The van der Waals surface area contributed by atoms with Crippen molar-refractivity contribution in [2.75, 3.05) is 32.7 Å². The second-order valence-electron chi connectivity index (χ2n) is 11.1. The predicted molar refractivity (Wildman–Crippen MR) is 146 cm³/mol. The Hall–Kier alpha value is -2.18. The molecule has 1 saturated carbocycles. The maximum absolute atomic E-state index is 13.3. The maximum atomic E-state index is 13.3. The normalized spacial score (nSPS) is 23.2. The lowest BCUT2D eigenvalue weighted by Crippen LogP contribution is -2.55. The molecule has 0 bridgehead atoms. The number of hydrogen-bond acceptors (Lipinski definition) is 4. The van der Waals surface area contributed by atoms with Gasteiger partial charge in [0, 0.05) is 56.5 Å². The van der Waals surface area contributed by atoms with Crippen molar-refractivity contribution in [1.82, 2.24) is 14.7 Å². The number of thiophene rings is 1. The van der Waals surface area contributed by atoms with Gasteiger partial charge in [-0.2, -0.15) is 0 Å². The minimum absolute atomic E-state index is 0.0989. The van der Waals surface area contributed by atoms with E-state index >= 15 is 0 Å². The number of amides is 2. The highest BCUT2D eigenvalue weighted by molar-refractivity contribution is 7.10. The van der Waals surface area contributed by atoms with Gasteiger partial charge in [0.05, 0.1) is 6.04 Å². The third-order valence-electron chi connectivity index (χ3n) is 8.70. The number of hydrogen-bond donors (Lipinski definition) is 0. The maximum Gasteiger partial charge on any atom is 0.223 e. The monoisotopic (exact) mass is 507 g/mol. The fourth-order valence-corrected chi connectivity index (χ4v) is 7.49. The molecule has 1 aliphatic carbocycles. The number of aryl methyl sites for hydroxylation is 1. The van der Waals surface area contributed by atoms with Crippen molar-refractivity contribution in [2.24, 2.45) is 5.92 Å². The standard InChI is InChI=1S/C30H41N3O2S/c1-22-7-3-6-10-25(22)30-26-15-20-36-27(26)13-16-31(30)17-14-28(34)32-18-19-33(23(2)21-32)29(35)12-11-24-8-4-5-9-24/h3,6-7,10,15,20,23-24,30H,4-5,8-9,11-14,16-19,21H2,1-2H3. The van der Waals surface area contributed by atoms with Gasteiger partial charge in [-0.3, -0.25) is 14.5 Å². The fraction of sp³-hybridized carbons (Fsp3) is 0.600. The lowest BCUT2D eigenvalue weighted by atomic mass is 9.90. The minimum atomic E-state index is 0.0989. The van der Waals surface area contributed by atoms with Crippen LogP contribution in [0.1, 0.15) is 79.5 Å². The van der Waals surface area contributed by atoms with Crippen molar-refractivity contribution in [1.29, 1.82) is 0 Å². The number of rotatable bonds is 7. The topological polar surface area (TPSA) is 43.9 Å². The third kappa shape index (κ3) is 5.55. The lowest BCUT2D eigenvalue weighted by Gasteiger charge is -2.41. The molecule has 2 atom stereocenters. The number of piperazine rings is 1. The molecule has 6 heteroatoms. The highest BCUT2D eigenvalue weighted by atomic mass is 32.1. The average molecular weight is 508 g/mol. The summed E-state index contributed by atoms with van der Waals surface area (Å²) in [6, 6.07) is 11.3. The van der Waals surface area contributed by atoms with Crippen molar-refractivity contribution in [2.45, 2.75) is 77.3 Å². The molecule has 0 spiro atoms. The minimum Gasteiger partial charge on any atom is -0.339 e. The van der Waals surface area contributed by atoms with E-state index in [4.69, 9.17) is 0 Å². The number of carbonyl (C=O) groups excluding carboxylic acids is 2. The number of benzene rings is 1. The van der Waals surface area contributed by atoms with Gasteiger partial charge in [0.1, 0.15) is 0 Å². The molecule has 3 heterocycles. The number of carbonyl (C=O) groups is 2. The van der Waals surface area contributed by atoms with Crippen LogP contribution in [0.5, 0.6) is 0 Å². The number of nitrogens with zero attached hydrogens (tertiary/aromatic N) is 3. The molecule has 1 aromatic heterocycles. The largest absolute Gasteiger partial charge is 0.339 e. The van der Waals surface area contributed by atoms with E-state index in [0.29, 0.717) is 32.5 Å². The van der Waals surface area contributed by atoms with Crippen LogP contribution >= 0.6 is 11.3 Å². The van der Waals surface area contributed by atoms with Gasteiger partial charge in [0.2, 0.25) is 11.8 Å². The molecular formula is C30H41N3O2S. The van der Waals surface area contributed by atoms with E-state index in [0.717, 1.165) is 31.8 Å². The van der Waals surface area contributed by atoms with Crippen LogP contribution in [0.3, 0.4) is 0 Å². The SMILES string of the molecule is Cc1ccccc1C1c2ccsc2CCN1CCC(=O)N1CCN(C(=O)CCC2CCCC2)C(C)C1. The summed E-state index contributed by atoms with van der Waals surface area (Å²) in [7, 11) is 0. The van der Waals surface area contributed by atoms with Crippen LogP contribution in [-0.2, 0) is 16.0 Å². The highest BCUT2D eigenvalue weighted by Crippen LogP contribution is 2.39. The molecule has 5 rings (SSSR count). The predicted octanol–water partition coefficient (Wildman–Crippen LogP) is 5.42. The first-order chi connectivity index (χ1) is 17.5. The van der Waals surface area contributed by atoms with Gasteiger partial charge in [0.25, 0.3) is 0 Å². The van der Waals surface area contributed by atoms with E-state index in [1.807, 2.05) is 21.1 Å². The average Bonchev–Trinajstić information content (AvgIpc) is 3.58. The second kappa shape index (κ2) is 11.5. The Kier molecular flexibility index (Phi) is 8.12. The summed E-state index contributed by atoms with van der Waals surface area (Å²) < 4.78 is 0. The Balaban J connectivity index is 1.16. The fourth-order valence-electron chi connectivity index (χ4n) is 6.59. The van der Waals surface area contributed by atoms with Crippen LogP contribution in [0.4, 0.5) is 0 Å². The zero-order valence-electron chi connectivity index (χ0n) is 22.0. The summed E-state index contributed by atoms with van der Waals surface area (Å²) in [5.74, 6) is 1.25. The molecular weight excluding hydrogens is 466 g/mol. The molecule has 1 aromatic carbocycles. The summed E-state index contributed by atoms with van der Waals surface area (Å²) in [5.41, 5.74) is 4.06. The molecule has 0 radical (unpaired) electrons. The quantitative estimate of drug-likeness (QED) is 0.502. The highest BCUT2D eigenvalue weighted by Gasteiger charge is 2.33. The first-order valence-electron chi connectivity index (χ1n) is 13.9. The summed E-state index contributed by atoms with van der Waals surface area (Å²) in [6.45, 7) is 8.03. The first-order valence-corrected chi connectivity index (χ1v) is 14.8. The van der Waals surface area contributed by atoms with E-state index in [2.05, 4.69) is 54.5 Å². The lowest BCUT2D eigenvalue weighted by molar-refractivity contribution is -0.142. The summed E-state index contributed by atoms with van der Waals surface area (Å²) in [5, 5.41) is 2.21. The van der Waals surface area contributed by atoms with Crippen LogP contribution in [-0.4, -0.2) is 65.3 Å². The molecule has 1 saturated heterocycles. The van der Waals surface area contributed by atoms with Crippen LogP contribution in [0.2, 0.25) is 0 Å². The molecule has 194 valence electrons. The molecule has 5 nitrogen and oxygen atoms in total. The molecule has 0 N–H and O–H groups in total. The Labute approximate surface area is 220 Å². The van der Waals surface area contributed by atoms with Crippen LogP contribution in [0, 0.1) is 12.8 Å². The van der Waals surface area contributed by atoms with Gasteiger partial charge in [-0.15, -0.1) is 11.3 Å². The van der Waals surface area contributed by atoms with Gasteiger partial charge in [-0.1, -0.05) is 49.9 Å². The molecule has 36 heavy (non-hydrogen) atoms. The zero-order chi connectivity index (χ0) is 25.1. The molecule has 2 aromatic rings. The Morgan fingerprint density at radius 2 is 1.78 bits per heavy atom. The van der Waals surface area contributed by atoms with E-state index in [-0.39, 0.29) is 23.9 Å². The van der Waals surface area contributed by atoms with Crippen molar-refractivity contribution in [3.05, 3.63) is 57.3 Å². The van der Waals surface area contributed by atoms with Crippen molar-refractivity contribution in [3.63, 3.8) is 0 Å². The summed E-state index contributed by atoms with van der Waals surface area (Å²) >= 11 is 1.86. The van der Waals surface area contributed by atoms with Gasteiger partial charge in [-0.25, -0.2) is 0 Å². The van der Waals surface area contributed by atoms with E-state index in [9.17, 15) is 9.59 Å². The second-order valence-corrected chi connectivity index (χ2v) is 12.1. The van der Waals surface area contributed by atoms with E-state index in [1.54, 1.807) is 0 Å². The molecule has 2 unspecified atom stereocenters. The summed E-state index contributed by atoms with van der Waals surface area (Å²) in [4.78, 5) is 34.1. The van der Waals surface area contributed by atoms with Crippen LogP contribution in [0.25, 0.3) is 0 Å². The Morgan fingerprint density at radius 1 is 0.972 bits per heavy atom. The van der Waals surface area contributed by atoms with Crippen LogP contribution in [0.15, 0.2) is 35.7 Å². The van der Waals surface area contributed by atoms with E-state index in [1.165, 1.54) is 47.3 Å². The van der Waals surface area contributed by atoms with E-state index < -0.39 is 0 Å². The molecule has 3 aliphatic rings. The first kappa shape index (κ1) is 25.5.